The average Bonchev–Trinajstić information content (AvgIpc) is 3.24. The largest absolute Gasteiger partial charge is 0.497 e. The molecule has 29 heavy (non-hydrogen) atoms. The number of hydrogen-bond acceptors (Lipinski definition) is 5. The van der Waals surface area contributed by atoms with Crippen LogP contribution in [0.5, 0.6) is 5.75 Å². The monoisotopic (exact) mass is 396 g/mol. The summed E-state index contributed by atoms with van der Waals surface area (Å²) in [4.78, 5) is 36.6. The molecule has 4 rings (SSSR count). The fraction of sp³-hybridized carbons (Fsp3) is 0.500. The average molecular weight is 396 g/mol. The van der Waals surface area contributed by atoms with Gasteiger partial charge >= 0.3 is 0 Å². The Morgan fingerprint density at radius 3 is 2.79 bits per heavy atom. The molecule has 1 fully saturated rings. The smallest absolute Gasteiger partial charge is 0.254 e. The van der Waals surface area contributed by atoms with Gasteiger partial charge in [-0.15, -0.1) is 0 Å². The molecule has 0 bridgehead atoms. The van der Waals surface area contributed by atoms with Gasteiger partial charge in [-0.1, -0.05) is 19.1 Å². The SMILES string of the molecule is CCC(=O)N1CC[C@H](c2nc3c(c(=O)[nH]2)CCN(Cc2ccc(OC)cc2)C3)C1. The van der Waals surface area contributed by atoms with Crippen LogP contribution in [-0.4, -0.2) is 52.4 Å². The molecule has 1 saturated heterocycles. The summed E-state index contributed by atoms with van der Waals surface area (Å²) in [5.74, 6) is 1.85. The Labute approximate surface area is 170 Å². The number of hydrogen-bond donors (Lipinski definition) is 1. The Morgan fingerprint density at radius 1 is 1.28 bits per heavy atom. The lowest BCUT2D eigenvalue weighted by Gasteiger charge is -2.28. The first-order valence-electron chi connectivity index (χ1n) is 10.3. The molecule has 0 aliphatic carbocycles. The number of fused-ring (bicyclic) bond motifs is 1. The van der Waals surface area contributed by atoms with E-state index in [1.807, 2.05) is 24.0 Å². The van der Waals surface area contributed by atoms with Gasteiger partial charge in [0.05, 0.1) is 12.8 Å². The molecular weight excluding hydrogens is 368 g/mol. The third kappa shape index (κ3) is 4.19. The zero-order valence-corrected chi connectivity index (χ0v) is 17.1. The normalized spacial score (nSPS) is 19.2. The predicted molar refractivity (Wildman–Crippen MR) is 110 cm³/mol. The van der Waals surface area contributed by atoms with E-state index >= 15 is 0 Å². The van der Waals surface area contributed by atoms with Crippen molar-refractivity contribution in [1.29, 1.82) is 0 Å². The van der Waals surface area contributed by atoms with Crippen LogP contribution in [0, 0.1) is 0 Å². The molecular formula is C22H28N4O3. The Bertz CT molecular complexity index is 938. The predicted octanol–water partition coefficient (Wildman–Crippen LogP) is 2.06. The van der Waals surface area contributed by atoms with Crippen molar-refractivity contribution in [1.82, 2.24) is 19.8 Å². The maximum atomic E-state index is 12.6. The maximum Gasteiger partial charge on any atom is 0.254 e. The van der Waals surface area contributed by atoms with Gasteiger partial charge in [0.25, 0.3) is 5.56 Å². The van der Waals surface area contributed by atoms with E-state index in [4.69, 9.17) is 9.72 Å². The summed E-state index contributed by atoms with van der Waals surface area (Å²) < 4.78 is 5.22. The van der Waals surface area contributed by atoms with Crippen molar-refractivity contribution in [3.8, 4) is 5.75 Å². The lowest BCUT2D eigenvalue weighted by molar-refractivity contribution is -0.129. The molecule has 1 aromatic heterocycles. The molecule has 7 heteroatoms. The zero-order valence-electron chi connectivity index (χ0n) is 17.1. The van der Waals surface area contributed by atoms with Crippen LogP contribution < -0.4 is 10.3 Å². The highest BCUT2D eigenvalue weighted by Crippen LogP contribution is 2.26. The van der Waals surface area contributed by atoms with Gasteiger partial charge in [0.15, 0.2) is 0 Å². The number of ether oxygens (including phenoxy) is 1. The quantitative estimate of drug-likeness (QED) is 0.837. The minimum absolute atomic E-state index is 0.0191. The molecule has 0 saturated carbocycles. The van der Waals surface area contributed by atoms with E-state index in [2.05, 4.69) is 22.0 Å². The number of nitrogens with one attached hydrogen (secondary N) is 1. The van der Waals surface area contributed by atoms with Crippen LogP contribution in [0.2, 0.25) is 0 Å². The maximum absolute atomic E-state index is 12.6. The van der Waals surface area contributed by atoms with Gasteiger partial charge in [0.2, 0.25) is 5.91 Å². The molecule has 154 valence electrons. The summed E-state index contributed by atoms with van der Waals surface area (Å²) in [6.45, 7) is 5.58. The number of benzene rings is 1. The van der Waals surface area contributed by atoms with Crippen LogP contribution in [0.25, 0.3) is 0 Å². The summed E-state index contributed by atoms with van der Waals surface area (Å²) in [7, 11) is 1.67. The van der Waals surface area contributed by atoms with Crippen molar-refractivity contribution in [3.63, 3.8) is 0 Å². The van der Waals surface area contributed by atoms with Crippen LogP contribution in [0.1, 0.15) is 48.3 Å². The molecule has 0 spiro atoms. The van der Waals surface area contributed by atoms with E-state index in [-0.39, 0.29) is 17.4 Å². The summed E-state index contributed by atoms with van der Waals surface area (Å²) >= 11 is 0. The summed E-state index contributed by atoms with van der Waals surface area (Å²) in [6.07, 6.45) is 2.07. The second-order valence-electron chi connectivity index (χ2n) is 7.86. The van der Waals surface area contributed by atoms with Crippen molar-refractivity contribution in [2.24, 2.45) is 0 Å². The van der Waals surface area contributed by atoms with Gasteiger partial charge < -0.3 is 14.6 Å². The first-order chi connectivity index (χ1) is 14.1. The van der Waals surface area contributed by atoms with Crippen molar-refractivity contribution in [2.45, 2.75) is 45.2 Å². The van der Waals surface area contributed by atoms with E-state index in [1.165, 1.54) is 5.56 Å². The highest BCUT2D eigenvalue weighted by atomic mass is 16.5. The Balaban J connectivity index is 1.48. The van der Waals surface area contributed by atoms with Crippen molar-refractivity contribution in [2.75, 3.05) is 26.7 Å². The molecule has 1 amide bonds. The Kier molecular flexibility index (Phi) is 5.67. The molecule has 0 radical (unpaired) electrons. The van der Waals surface area contributed by atoms with E-state index in [9.17, 15) is 9.59 Å². The molecule has 3 heterocycles. The van der Waals surface area contributed by atoms with Gasteiger partial charge in [-0.3, -0.25) is 14.5 Å². The first kappa shape index (κ1) is 19.6. The topological polar surface area (TPSA) is 78.5 Å². The Hall–Kier alpha value is -2.67. The number of carbonyl (C=O) groups is 1. The molecule has 2 aliphatic heterocycles. The molecule has 1 atom stereocenters. The summed E-state index contributed by atoms with van der Waals surface area (Å²) in [6, 6.07) is 8.08. The number of carbonyl (C=O) groups excluding carboxylic acids is 1. The number of nitrogens with zero attached hydrogens (tertiary/aromatic N) is 3. The Morgan fingerprint density at radius 2 is 2.07 bits per heavy atom. The number of aromatic amines is 1. The van der Waals surface area contributed by atoms with E-state index < -0.39 is 0 Å². The number of H-pyrrole nitrogens is 1. The fourth-order valence-electron chi connectivity index (χ4n) is 4.26. The third-order valence-corrected chi connectivity index (χ3v) is 5.97. The van der Waals surface area contributed by atoms with Gasteiger partial charge in [-0.25, -0.2) is 4.98 Å². The van der Waals surface area contributed by atoms with Gasteiger partial charge in [-0.2, -0.15) is 0 Å². The van der Waals surface area contributed by atoms with Crippen LogP contribution in [0.4, 0.5) is 0 Å². The molecule has 1 N–H and O–H groups in total. The standard InChI is InChI=1S/C22H28N4O3/c1-3-20(27)26-11-8-16(13-26)21-23-19-14-25(10-9-18(19)22(28)24-21)12-15-4-6-17(29-2)7-5-15/h4-7,16H,3,8-14H2,1-2H3,(H,23,24,28)/t16-/m0/s1. The highest BCUT2D eigenvalue weighted by Gasteiger charge is 2.30. The summed E-state index contributed by atoms with van der Waals surface area (Å²) in [5.41, 5.74) is 2.88. The number of amides is 1. The molecule has 0 unspecified atom stereocenters. The zero-order chi connectivity index (χ0) is 20.4. The highest BCUT2D eigenvalue weighted by molar-refractivity contribution is 5.76. The number of methoxy groups -OCH3 is 1. The summed E-state index contributed by atoms with van der Waals surface area (Å²) in [5, 5.41) is 0. The van der Waals surface area contributed by atoms with Gasteiger partial charge in [0.1, 0.15) is 11.6 Å². The third-order valence-electron chi connectivity index (χ3n) is 5.97. The lowest BCUT2D eigenvalue weighted by Crippen LogP contribution is -2.36. The van der Waals surface area contributed by atoms with Crippen LogP contribution in [0.3, 0.4) is 0 Å². The van der Waals surface area contributed by atoms with E-state index in [0.717, 1.165) is 48.9 Å². The number of likely N-dealkylation sites (tertiary alicyclic amines) is 1. The van der Waals surface area contributed by atoms with Crippen molar-refractivity contribution >= 4 is 5.91 Å². The minimum Gasteiger partial charge on any atom is -0.497 e. The van der Waals surface area contributed by atoms with E-state index in [0.29, 0.717) is 25.9 Å². The molecule has 7 nitrogen and oxygen atoms in total. The number of rotatable bonds is 5. The van der Waals surface area contributed by atoms with Crippen molar-refractivity contribution < 1.29 is 9.53 Å². The first-order valence-corrected chi connectivity index (χ1v) is 10.3. The van der Waals surface area contributed by atoms with Gasteiger partial charge in [-0.05, 0) is 30.5 Å². The molecule has 2 aliphatic rings. The van der Waals surface area contributed by atoms with Crippen molar-refractivity contribution in [3.05, 3.63) is 57.3 Å². The van der Waals surface area contributed by atoms with Gasteiger partial charge in [0, 0.05) is 50.6 Å². The minimum atomic E-state index is -0.0191. The van der Waals surface area contributed by atoms with Crippen LogP contribution >= 0.6 is 0 Å². The van der Waals surface area contributed by atoms with Crippen LogP contribution in [-0.2, 0) is 24.3 Å². The second-order valence-corrected chi connectivity index (χ2v) is 7.86. The lowest BCUT2D eigenvalue weighted by atomic mass is 10.0. The van der Waals surface area contributed by atoms with Crippen LogP contribution in [0.15, 0.2) is 29.1 Å². The second kappa shape index (κ2) is 8.37. The van der Waals surface area contributed by atoms with E-state index in [1.54, 1.807) is 7.11 Å². The number of aromatic nitrogens is 2. The molecule has 2 aromatic rings. The molecule has 1 aromatic carbocycles. The fourth-order valence-corrected chi connectivity index (χ4v) is 4.26.